The summed E-state index contributed by atoms with van der Waals surface area (Å²) < 4.78 is 5.54. The normalized spacial score (nSPS) is 14.2. The van der Waals surface area contributed by atoms with Crippen LogP contribution in [0.2, 0.25) is 0 Å². The third-order valence-electron chi connectivity index (χ3n) is 5.89. The fraction of sp³-hybridized carbons (Fsp3) is 0.308. The quantitative estimate of drug-likeness (QED) is 0.546. The minimum Gasteiger partial charge on any atom is -0.484 e. The number of benzene rings is 2. The zero-order valence-corrected chi connectivity index (χ0v) is 18.7. The summed E-state index contributed by atoms with van der Waals surface area (Å²) in [6, 6.07) is 18.6. The molecule has 2 aliphatic rings. The lowest BCUT2D eigenvalue weighted by molar-refractivity contribution is -0.123. The first-order chi connectivity index (χ1) is 15.7. The molecule has 0 atom stereocenters. The number of aryl methyl sites for hydroxylation is 2. The molecule has 1 saturated carbocycles. The predicted molar refractivity (Wildman–Crippen MR) is 126 cm³/mol. The van der Waals surface area contributed by atoms with Crippen molar-refractivity contribution in [2.24, 2.45) is 0 Å². The van der Waals surface area contributed by atoms with Gasteiger partial charge in [0.2, 0.25) is 0 Å². The molecule has 2 aliphatic carbocycles. The SMILES string of the molecule is O=C(COc1ccc(CCNC(=O)c2cc3c(s2)-c2ccccc2CC3)cc1)NC1CC1. The second-order valence-electron chi connectivity index (χ2n) is 8.40. The van der Waals surface area contributed by atoms with Crippen LogP contribution < -0.4 is 15.4 Å². The molecule has 1 heterocycles. The topological polar surface area (TPSA) is 67.4 Å². The van der Waals surface area contributed by atoms with Gasteiger partial charge in [-0.3, -0.25) is 9.59 Å². The number of ether oxygens (including phenoxy) is 1. The van der Waals surface area contributed by atoms with E-state index in [9.17, 15) is 9.59 Å². The molecule has 0 aliphatic heterocycles. The molecular formula is C26H26N2O3S. The minimum absolute atomic E-state index is 0.0106. The van der Waals surface area contributed by atoms with Gasteiger partial charge in [0.25, 0.3) is 11.8 Å². The summed E-state index contributed by atoms with van der Waals surface area (Å²) in [4.78, 5) is 26.4. The number of amides is 2. The smallest absolute Gasteiger partial charge is 0.261 e. The van der Waals surface area contributed by atoms with E-state index >= 15 is 0 Å². The molecule has 0 bridgehead atoms. The number of hydrogen-bond acceptors (Lipinski definition) is 4. The van der Waals surface area contributed by atoms with Crippen molar-refractivity contribution in [1.29, 1.82) is 0 Å². The number of thiophene rings is 1. The first kappa shape index (κ1) is 20.8. The van der Waals surface area contributed by atoms with Crippen molar-refractivity contribution in [3.8, 4) is 16.2 Å². The average molecular weight is 447 g/mol. The van der Waals surface area contributed by atoms with Gasteiger partial charge in [-0.15, -0.1) is 11.3 Å². The molecule has 164 valence electrons. The van der Waals surface area contributed by atoms with Crippen molar-refractivity contribution in [3.63, 3.8) is 0 Å². The summed E-state index contributed by atoms with van der Waals surface area (Å²) in [6.45, 7) is 0.614. The zero-order valence-electron chi connectivity index (χ0n) is 17.9. The second-order valence-corrected chi connectivity index (χ2v) is 9.45. The molecule has 1 fully saturated rings. The maximum Gasteiger partial charge on any atom is 0.261 e. The van der Waals surface area contributed by atoms with Gasteiger partial charge in [-0.2, -0.15) is 0 Å². The van der Waals surface area contributed by atoms with Crippen LogP contribution in [0.15, 0.2) is 54.6 Å². The van der Waals surface area contributed by atoms with E-state index in [1.165, 1.54) is 21.6 Å². The van der Waals surface area contributed by atoms with E-state index in [1.54, 1.807) is 11.3 Å². The van der Waals surface area contributed by atoms with Gasteiger partial charge in [-0.05, 0) is 72.6 Å². The van der Waals surface area contributed by atoms with Crippen LogP contribution in [0.4, 0.5) is 0 Å². The second kappa shape index (κ2) is 9.17. The Labute approximate surface area is 191 Å². The highest BCUT2D eigenvalue weighted by atomic mass is 32.1. The Morgan fingerprint density at radius 3 is 2.59 bits per heavy atom. The van der Waals surface area contributed by atoms with Crippen LogP contribution in [0.1, 0.15) is 39.2 Å². The van der Waals surface area contributed by atoms with Gasteiger partial charge in [-0.1, -0.05) is 36.4 Å². The number of carbonyl (C=O) groups is 2. The lowest BCUT2D eigenvalue weighted by Gasteiger charge is -2.15. The molecule has 0 saturated heterocycles. The van der Waals surface area contributed by atoms with Crippen molar-refractivity contribution < 1.29 is 14.3 Å². The van der Waals surface area contributed by atoms with Crippen LogP contribution in [0.25, 0.3) is 10.4 Å². The van der Waals surface area contributed by atoms with Gasteiger partial charge in [0.05, 0.1) is 4.88 Å². The molecule has 2 N–H and O–H groups in total. The van der Waals surface area contributed by atoms with E-state index in [2.05, 4.69) is 41.0 Å². The number of carbonyl (C=O) groups excluding carboxylic acids is 2. The number of rotatable bonds is 8. The Hall–Kier alpha value is -3.12. The molecule has 3 aromatic rings. The molecule has 1 aromatic heterocycles. The maximum absolute atomic E-state index is 12.7. The van der Waals surface area contributed by atoms with E-state index in [-0.39, 0.29) is 18.4 Å². The molecule has 5 nitrogen and oxygen atoms in total. The molecule has 6 heteroatoms. The monoisotopic (exact) mass is 446 g/mol. The maximum atomic E-state index is 12.7. The van der Waals surface area contributed by atoms with E-state index in [1.807, 2.05) is 24.3 Å². The van der Waals surface area contributed by atoms with Crippen LogP contribution in [0.3, 0.4) is 0 Å². The molecule has 0 spiro atoms. The van der Waals surface area contributed by atoms with Crippen molar-refractivity contribution in [2.75, 3.05) is 13.2 Å². The highest BCUT2D eigenvalue weighted by molar-refractivity contribution is 7.17. The van der Waals surface area contributed by atoms with Gasteiger partial charge in [0.15, 0.2) is 6.61 Å². The van der Waals surface area contributed by atoms with E-state index in [0.29, 0.717) is 18.3 Å². The molecule has 2 aromatic carbocycles. The van der Waals surface area contributed by atoms with Crippen LogP contribution in [0, 0.1) is 0 Å². The fourth-order valence-electron chi connectivity index (χ4n) is 3.99. The third kappa shape index (κ3) is 4.86. The Morgan fingerprint density at radius 2 is 1.78 bits per heavy atom. The Balaban J connectivity index is 1.11. The molecule has 5 rings (SSSR count). The van der Waals surface area contributed by atoms with Crippen LogP contribution in [-0.2, 0) is 24.1 Å². The van der Waals surface area contributed by atoms with Crippen molar-refractivity contribution >= 4 is 23.2 Å². The molecule has 0 unspecified atom stereocenters. The Kier molecular flexibility index (Phi) is 5.95. The summed E-state index contributed by atoms with van der Waals surface area (Å²) in [5.41, 5.74) is 5.02. The Bertz CT molecular complexity index is 1130. The number of fused-ring (bicyclic) bond motifs is 3. The van der Waals surface area contributed by atoms with E-state index in [4.69, 9.17) is 4.74 Å². The summed E-state index contributed by atoms with van der Waals surface area (Å²) in [5.74, 6) is 0.592. The fourth-order valence-corrected chi connectivity index (χ4v) is 5.18. The van der Waals surface area contributed by atoms with Crippen LogP contribution in [0.5, 0.6) is 5.75 Å². The van der Waals surface area contributed by atoms with Gasteiger partial charge < -0.3 is 15.4 Å². The number of nitrogens with one attached hydrogen (secondary N) is 2. The largest absolute Gasteiger partial charge is 0.484 e. The van der Waals surface area contributed by atoms with Gasteiger partial charge in [0, 0.05) is 17.5 Å². The van der Waals surface area contributed by atoms with Crippen molar-refractivity contribution in [2.45, 2.75) is 38.1 Å². The minimum atomic E-state index is -0.0713. The van der Waals surface area contributed by atoms with Gasteiger partial charge in [-0.25, -0.2) is 0 Å². The molecule has 2 amide bonds. The van der Waals surface area contributed by atoms with E-state index in [0.717, 1.165) is 42.5 Å². The lowest BCUT2D eigenvalue weighted by Crippen LogP contribution is -2.30. The Morgan fingerprint density at radius 1 is 1.00 bits per heavy atom. The summed E-state index contributed by atoms with van der Waals surface area (Å²) in [5, 5.41) is 5.95. The van der Waals surface area contributed by atoms with Crippen LogP contribution >= 0.6 is 11.3 Å². The first-order valence-electron chi connectivity index (χ1n) is 11.2. The van der Waals surface area contributed by atoms with Crippen molar-refractivity contribution in [1.82, 2.24) is 10.6 Å². The summed E-state index contributed by atoms with van der Waals surface area (Å²) in [7, 11) is 0. The van der Waals surface area contributed by atoms with Crippen molar-refractivity contribution in [3.05, 3.63) is 76.2 Å². The highest BCUT2D eigenvalue weighted by Crippen LogP contribution is 2.39. The van der Waals surface area contributed by atoms with Crippen LogP contribution in [-0.4, -0.2) is 31.0 Å². The zero-order chi connectivity index (χ0) is 21.9. The highest BCUT2D eigenvalue weighted by Gasteiger charge is 2.23. The van der Waals surface area contributed by atoms with Gasteiger partial charge >= 0.3 is 0 Å². The average Bonchev–Trinajstić information content (AvgIpc) is 3.51. The molecule has 32 heavy (non-hydrogen) atoms. The summed E-state index contributed by atoms with van der Waals surface area (Å²) in [6.07, 6.45) is 4.90. The predicted octanol–water partition coefficient (Wildman–Crippen LogP) is 4.14. The van der Waals surface area contributed by atoms with Gasteiger partial charge in [0.1, 0.15) is 5.75 Å². The standard InChI is InChI=1S/C26H26N2O3S/c29-24(28-20-9-10-20)16-31-21-11-5-17(6-12-21)13-14-27-26(30)23-15-19-8-7-18-3-1-2-4-22(18)25(19)32-23/h1-6,11-12,15,20H,7-10,13-14,16H2,(H,27,30)(H,28,29). The molecule has 0 radical (unpaired) electrons. The first-order valence-corrected chi connectivity index (χ1v) is 12.0. The lowest BCUT2D eigenvalue weighted by atomic mass is 9.91. The molecular weight excluding hydrogens is 420 g/mol. The summed E-state index contributed by atoms with van der Waals surface area (Å²) >= 11 is 1.59. The van der Waals surface area contributed by atoms with E-state index < -0.39 is 0 Å². The third-order valence-corrected chi connectivity index (χ3v) is 7.10. The number of hydrogen-bond donors (Lipinski definition) is 2.